The number of sulfonamides is 1. The SMILES string of the molecule is O=S(=O)(CBr)NCC1CCCOC1. The van der Waals surface area contributed by atoms with Gasteiger partial charge in [-0.05, 0) is 18.8 Å². The molecule has 78 valence electrons. The van der Waals surface area contributed by atoms with Gasteiger partial charge in [-0.25, -0.2) is 13.1 Å². The molecule has 4 nitrogen and oxygen atoms in total. The van der Waals surface area contributed by atoms with Crippen LogP contribution in [0.2, 0.25) is 0 Å². The Hall–Kier alpha value is 0.350. The summed E-state index contributed by atoms with van der Waals surface area (Å²) in [4.78, 5) is 0. The minimum absolute atomic E-state index is 0.0341. The van der Waals surface area contributed by atoms with Crippen LogP contribution in [0.1, 0.15) is 12.8 Å². The van der Waals surface area contributed by atoms with Crippen LogP contribution in [0.15, 0.2) is 0 Å². The molecule has 6 heteroatoms. The summed E-state index contributed by atoms with van der Waals surface area (Å²) < 4.78 is 29.8. The van der Waals surface area contributed by atoms with E-state index in [4.69, 9.17) is 4.74 Å². The van der Waals surface area contributed by atoms with Crippen molar-refractivity contribution in [3.8, 4) is 0 Å². The maximum Gasteiger partial charge on any atom is 0.221 e. The van der Waals surface area contributed by atoms with Crippen LogP contribution in [0.3, 0.4) is 0 Å². The van der Waals surface area contributed by atoms with E-state index in [2.05, 4.69) is 20.7 Å². The first kappa shape index (κ1) is 11.4. The van der Waals surface area contributed by atoms with Crippen molar-refractivity contribution in [3.63, 3.8) is 0 Å². The fourth-order valence-electron chi connectivity index (χ4n) is 1.25. The van der Waals surface area contributed by atoms with Crippen molar-refractivity contribution in [1.82, 2.24) is 4.72 Å². The summed E-state index contributed by atoms with van der Waals surface area (Å²) in [5.74, 6) is 0.336. The Kier molecular flexibility index (Phi) is 4.64. The molecular weight excluding hydrogens is 258 g/mol. The highest BCUT2D eigenvalue weighted by atomic mass is 79.9. The van der Waals surface area contributed by atoms with Gasteiger partial charge in [-0.2, -0.15) is 0 Å². The largest absolute Gasteiger partial charge is 0.381 e. The lowest BCUT2D eigenvalue weighted by Gasteiger charge is -2.21. The van der Waals surface area contributed by atoms with Crippen molar-refractivity contribution in [2.24, 2.45) is 5.92 Å². The number of rotatable bonds is 4. The van der Waals surface area contributed by atoms with E-state index in [0.717, 1.165) is 19.4 Å². The highest BCUT2D eigenvalue weighted by molar-refractivity contribution is 9.10. The van der Waals surface area contributed by atoms with Gasteiger partial charge in [0, 0.05) is 13.2 Å². The molecule has 1 saturated heterocycles. The molecule has 1 aliphatic rings. The maximum absolute atomic E-state index is 11.0. The van der Waals surface area contributed by atoms with Crippen LogP contribution in [-0.2, 0) is 14.8 Å². The topological polar surface area (TPSA) is 55.4 Å². The first-order chi connectivity index (χ1) is 6.14. The molecule has 0 aromatic heterocycles. The van der Waals surface area contributed by atoms with Crippen molar-refractivity contribution in [3.05, 3.63) is 0 Å². The van der Waals surface area contributed by atoms with Gasteiger partial charge >= 0.3 is 0 Å². The number of alkyl halides is 1. The van der Waals surface area contributed by atoms with Crippen molar-refractivity contribution in [1.29, 1.82) is 0 Å². The Bertz CT molecular complexity index is 236. The fraction of sp³-hybridized carbons (Fsp3) is 1.00. The Labute approximate surface area is 87.2 Å². The van der Waals surface area contributed by atoms with Gasteiger partial charge < -0.3 is 4.74 Å². The summed E-state index contributed by atoms with van der Waals surface area (Å²) >= 11 is 2.91. The van der Waals surface area contributed by atoms with E-state index in [-0.39, 0.29) is 4.66 Å². The van der Waals surface area contributed by atoms with E-state index < -0.39 is 10.0 Å². The number of halogens is 1. The second-order valence-corrected chi connectivity index (χ2v) is 6.27. The lowest BCUT2D eigenvalue weighted by atomic mass is 10.0. The van der Waals surface area contributed by atoms with Crippen molar-refractivity contribution < 1.29 is 13.2 Å². The van der Waals surface area contributed by atoms with Crippen LogP contribution in [-0.4, -0.2) is 32.8 Å². The molecular formula is C7H14BrNO3S. The van der Waals surface area contributed by atoms with E-state index >= 15 is 0 Å². The average molecular weight is 272 g/mol. The molecule has 1 unspecified atom stereocenters. The van der Waals surface area contributed by atoms with Gasteiger partial charge in [0.25, 0.3) is 0 Å². The summed E-state index contributed by atoms with van der Waals surface area (Å²) in [6, 6.07) is 0. The number of hydrogen-bond acceptors (Lipinski definition) is 3. The van der Waals surface area contributed by atoms with Gasteiger partial charge in [-0.3, -0.25) is 0 Å². The van der Waals surface area contributed by atoms with Gasteiger partial charge in [-0.1, -0.05) is 15.9 Å². The standard InChI is InChI=1S/C7H14BrNO3S/c8-6-13(10,11)9-4-7-2-1-3-12-5-7/h7,9H,1-6H2. The van der Waals surface area contributed by atoms with Gasteiger partial charge in [0.2, 0.25) is 10.0 Å². The lowest BCUT2D eigenvalue weighted by Crippen LogP contribution is -2.33. The third-order valence-electron chi connectivity index (χ3n) is 1.99. The van der Waals surface area contributed by atoms with Crippen molar-refractivity contribution >= 4 is 26.0 Å². The summed E-state index contributed by atoms with van der Waals surface area (Å²) in [5.41, 5.74) is 0. The number of ether oxygens (including phenoxy) is 1. The molecule has 0 bridgehead atoms. The second kappa shape index (κ2) is 5.29. The molecule has 0 radical (unpaired) electrons. The third kappa shape index (κ3) is 4.39. The van der Waals surface area contributed by atoms with Crippen molar-refractivity contribution in [2.45, 2.75) is 12.8 Å². The van der Waals surface area contributed by atoms with Gasteiger partial charge in [0.15, 0.2) is 0 Å². The zero-order valence-electron chi connectivity index (χ0n) is 7.33. The molecule has 1 heterocycles. The van der Waals surface area contributed by atoms with Crippen LogP contribution in [0, 0.1) is 5.92 Å². The van der Waals surface area contributed by atoms with Gasteiger partial charge in [0.05, 0.1) is 6.61 Å². The predicted molar refractivity (Wildman–Crippen MR) is 54.3 cm³/mol. The molecule has 0 spiro atoms. The zero-order chi connectivity index (χ0) is 9.73. The van der Waals surface area contributed by atoms with E-state index in [1.807, 2.05) is 0 Å². The molecule has 1 atom stereocenters. The quantitative estimate of drug-likeness (QED) is 0.766. The number of hydrogen-bond donors (Lipinski definition) is 1. The summed E-state index contributed by atoms with van der Waals surface area (Å²) in [7, 11) is -3.11. The molecule has 1 aliphatic heterocycles. The van der Waals surface area contributed by atoms with Crippen LogP contribution in [0.5, 0.6) is 0 Å². The van der Waals surface area contributed by atoms with E-state index in [1.165, 1.54) is 0 Å². The molecule has 1 rings (SSSR count). The molecule has 0 saturated carbocycles. The fourth-order valence-corrected chi connectivity index (χ4v) is 2.30. The Balaban J connectivity index is 2.25. The van der Waals surface area contributed by atoms with E-state index in [0.29, 0.717) is 19.1 Å². The van der Waals surface area contributed by atoms with Crippen LogP contribution in [0.4, 0.5) is 0 Å². The highest BCUT2D eigenvalue weighted by Gasteiger charge is 2.16. The molecule has 13 heavy (non-hydrogen) atoms. The normalized spacial score (nSPS) is 24.5. The zero-order valence-corrected chi connectivity index (χ0v) is 9.73. The number of nitrogens with one attached hydrogen (secondary N) is 1. The second-order valence-electron chi connectivity index (χ2n) is 3.16. The lowest BCUT2D eigenvalue weighted by molar-refractivity contribution is 0.0568. The Morgan fingerprint density at radius 1 is 1.54 bits per heavy atom. The Morgan fingerprint density at radius 2 is 2.31 bits per heavy atom. The van der Waals surface area contributed by atoms with Gasteiger partial charge in [-0.15, -0.1) is 0 Å². The van der Waals surface area contributed by atoms with Crippen molar-refractivity contribution in [2.75, 3.05) is 24.4 Å². The molecule has 0 aromatic carbocycles. The third-order valence-corrected chi connectivity index (χ3v) is 4.69. The molecule has 1 N–H and O–H groups in total. The average Bonchev–Trinajstić information content (AvgIpc) is 2.17. The van der Waals surface area contributed by atoms with Crippen LogP contribution in [0.25, 0.3) is 0 Å². The first-order valence-electron chi connectivity index (χ1n) is 4.25. The highest BCUT2D eigenvalue weighted by Crippen LogP contribution is 2.12. The Morgan fingerprint density at radius 3 is 2.85 bits per heavy atom. The summed E-state index contributed by atoms with van der Waals surface area (Å²) in [5, 5.41) is 0. The van der Waals surface area contributed by atoms with E-state index in [9.17, 15) is 8.42 Å². The monoisotopic (exact) mass is 271 g/mol. The summed E-state index contributed by atoms with van der Waals surface area (Å²) in [6.45, 7) is 1.97. The predicted octanol–water partition coefficient (Wildman–Crippen LogP) is 0.685. The van der Waals surface area contributed by atoms with Crippen LogP contribution < -0.4 is 4.72 Å². The molecule has 0 aromatic rings. The van der Waals surface area contributed by atoms with Crippen LogP contribution >= 0.6 is 15.9 Å². The minimum atomic E-state index is -3.11. The molecule has 1 fully saturated rings. The molecule has 0 aliphatic carbocycles. The van der Waals surface area contributed by atoms with E-state index in [1.54, 1.807) is 0 Å². The smallest absolute Gasteiger partial charge is 0.221 e. The maximum atomic E-state index is 11.0. The summed E-state index contributed by atoms with van der Waals surface area (Å²) in [6.07, 6.45) is 2.07. The molecule has 0 amide bonds. The first-order valence-corrected chi connectivity index (χ1v) is 7.02. The van der Waals surface area contributed by atoms with Gasteiger partial charge in [0.1, 0.15) is 4.66 Å². The minimum Gasteiger partial charge on any atom is -0.381 e.